The molecular weight excluding hydrogens is 312 g/mol. The van der Waals surface area contributed by atoms with Crippen molar-refractivity contribution < 1.29 is 4.79 Å². The summed E-state index contributed by atoms with van der Waals surface area (Å²) in [5.41, 5.74) is 4.14. The molecule has 0 saturated heterocycles. The van der Waals surface area contributed by atoms with Gasteiger partial charge in [0.15, 0.2) is 0 Å². The smallest absolute Gasteiger partial charge is 0.274 e. The van der Waals surface area contributed by atoms with E-state index in [4.69, 9.17) is 0 Å². The zero-order valence-corrected chi connectivity index (χ0v) is 14.5. The average molecular weight is 332 g/mol. The van der Waals surface area contributed by atoms with E-state index in [2.05, 4.69) is 15.3 Å². The van der Waals surface area contributed by atoms with Gasteiger partial charge in [0, 0.05) is 24.6 Å². The van der Waals surface area contributed by atoms with Gasteiger partial charge < -0.3 is 10.2 Å². The number of para-hydroxylation sites is 2. The van der Waals surface area contributed by atoms with E-state index in [9.17, 15) is 4.79 Å². The second kappa shape index (κ2) is 7.13. The first kappa shape index (κ1) is 16.6. The van der Waals surface area contributed by atoms with E-state index in [0.29, 0.717) is 11.6 Å². The summed E-state index contributed by atoms with van der Waals surface area (Å²) in [6, 6.07) is 17.3. The van der Waals surface area contributed by atoms with E-state index in [1.54, 1.807) is 12.3 Å². The standard InChI is InChI=1S/C20H20N4O/c1-14-8-7-9-15(2)18(14)23-19(25)17-12-13-21-20(22-17)24(3)16-10-5-4-6-11-16/h4-13H,1-3H3,(H,23,25). The van der Waals surface area contributed by atoms with Gasteiger partial charge in [-0.1, -0.05) is 36.4 Å². The van der Waals surface area contributed by atoms with Gasteiger partial charge in [0.2, 0.25) is 5.95 Å². The quantitative estimate of drug-likeness (QED) is 0.781. The van der Waals surface area contributed by atoms with Crippen LogP contribution in [0.4, 0.5) is 17.3 Å². The molecule has 0 bridgehead atoms. The Morgan fingerprint density at radius 1 is 0.960 bits per heavy atom. The Morgan fingerprint density at radius 2 is 1.64 bits per heavy atom. The second-order valence-corrected chi connectivity index (χ2v) is 5.86. The minimum Gasteiger partial charge on any atom is -0.320 e. The number of anilines is 3. The Morgan fingerprint density at radius 3 is 2.32 bits per heavy atom. The van der Waals surface area contributed by atoms with E-state index in [0.717, 1.165) is 22.5 Å². The lowest BCUT2D eigenvalue weighted by Gasteiger charge is -2.17. The monoisotopic (exact) mass is 332 g/mol. The highest BCUT2D eigenvalue weighted by atomic mass is 16.1. The Kier molecular flexibility index (Phi) is 4.75. The number of nitrogens with one attached hydrogen (secondary N) is 1. The highest BCUT2D eigenvalue weighted by Crippen LogP contribution is 2.21. The van der Waals surface area contributed by atoms with Gasteiger partial charge in [-0.25, -0.2) is 9.97 Å². The van der Waals surface area contributed by atoms with Crippen molar-refractivity contribution in [2.24, 2.45) is 0 Å². The molecule has 0 aliphatic carbocycles. The Balaban J connectivity index is 1.85. The van der Waals surface area contributed by atoms with Gasteiger partial charge in [-0.15, -0.1) is 0 Å². The molecule has 3 aromatic rings. The van der Waals surface area contributed by atoms with Gasteiger partial charge in [-0.3, -0.25) is 4.79 Å². The molecule has 0 aliphatic heterocycles. The highest BCUT2D eigenvalue weighted by molar-refractivity contribution is 6.03. The number of benzene rings is 2. The topological polar surface area (TPSA) is 58.1 Å². The lowest BCUT2D eigenvalue weighted by Crippen LogP contribution is -2.19. The molecule has 126 valence electrons. The number of aryl methyl sites for hydroxylation is 2. The summed E-state index contributed by atoms with van der Waals surface area (Å²) in [5, 5.41) is 2.95. The molecular formula is C20H20N4O. The molecule has 0 atom stereocenters. The van der Waals surface area contributed by atoms with Crippen LogP contribution in [-0.2, 0) is 0 Å². The Labute approximate surface area is 147 Å². The predicted molar refractivity (Wildman–Crippen MR) is 100 cm³/mol. The summed E-state index contributed by atoms with van der Waals surface area (Å²) >= 11 is 0. The van der Waals surface area contributed by atoms with Crippen LogP contribution in [-0.4, -0.2) is 22.9 Å². The van der Waals surface area contributed by atoms with E-state index >= 15 is 0 Å². The van der Waals surface area contributed by atoms with Crippen molar-refractivity contribution in [1.29, 1.82) is 0 Å². The minimum atomic E-state index is -0.248. The number of nitrogens with zero attached hydrogens (tertiary/aromatic N) is 3. The second-order valence-electron chi connectivity index (χ2n) is 5.86. The fourth-order valence-electron chi connectivity index (χ4n) is 2.59. The molecule has 1 N–H and O–H groups in total. The SMILES string of the molecule is Cc1cccc(C)c1NC(=O)c1ccnc(N(C)c2ccccc2)n1. The fraction of sp³-hybridized carbons (Fsp3) is 0.150. The molecule has 0 unspecified atom stereocenters. The van der Waals surface area contributed by atoms with E-state index in [-0.39, 0.29) is 5.91 Å². The van der Waals surface area contributed by atoms with Crippen LogP contribution in [0.25, 0.3) is 0 Å². The molecule has 0 aliphatic rings. The molecule has 1 amide bonds. The van der Waals surface area contributed by atoms with Crippen molar-refractivity contribution in [2.45, 2.75) is 13.8 Å². The number of carbonyl (C=O) groups excluding carboxylic acids is 1. The van der Waals surface area contributed by atoms with Crippen molar-refractivity contribution in [3.05, 3.63) is 77.6 Å². The molecule has 25 heavy (non-hydrogen) atoms. The third kappa shape index (κ3) is 3.66. The van der Waals surface area contributed by atoms with Crippen molar-refractivity contribution in [3.63, 3.8) is 0 Å². The molecule has 2 aromatic carbocycles. The van der Waals surface area contributed by atoms with Gasteiger partial charge in [0.1, 0.15) is 5.69 Å². The lowest BCUT2D eigenvalue weighted by atomic mass is 10.1. The predicted octanol–water partition coefficient (Wildman–Crippen LogP) is 4.11. The molecule has 1 heterocycles. The van der Waals surface area contributed by atoms with Crippen LogP contribution in [0.15, 0.2) is 60.8 Å². The summed E-state index contributed by atoms with van der Waals surface area (Å²) in [6.45, 7) is 3.94. The number of rotatable bonds is 4. The maximum atomic E-state index is 12.6. The van der Waals surface area contributed by atoms with Crippen LogP contribution < -0.4 is 10.2 Å². The molecule has 0 radical (unpaired) electrons. The number of amides is 1. The third-order valence-electron chi connectivity index (χ3n) is 4.04. The molecule has 0 saturated carbocycles. The van der Waals surface area contributed by atoms with Gasteiger partial charge in [0.25, 0.3) is 5.91 Å². The summed E-state index contributed by atoms with van der Waals surface area (Å²) in [5.74, 6) is 0.225. The first-order valence-electron chi connectivity index (χ1n) is 8.05. The van der Waals surface area contributed by atoms with Crippen LogP contribution in [0, 0.1) is 13.8 Å². The molecule has 0 fully saturated rings. The van der Waals surface area contributed by atoms with Crippen LogP contribution in [0.1, 0.15) is 21.6 Å². The highest BCUT2D eigenvalue weighted by Gasteiger charge is 2.14. The molecule has 3 rings (SSSR count). The van der Waals surface area contributed by atoms with Gasteiger partial charge in [-0.2, -0.15) is 0 Å². The van der Waals surface area contributed by atoms with Crippen LogP contribution >= 0.6 is 0 Å². The molecule has 1 aromatic heterocycles. The van der Waals surface area contributed by atoms with Gasteiger partial charge in [0.05, 0.1) is 0 Å². The van der Waals surface area contributed by atoms with E-state index < -0.39 is 0 Å². The van der Waals surface area contributed by atoms with Gasteiger partial charge >= 0.3 is 0 Å². The first-order chi connectivity index (χ1) is 12.1. The average Bonchev–Trinajstić information content (AvgIpc) is 2.65. The Hall–Kier alpha value is -3.21. The summed E-state index contributed by atoms with van der Waals surface area (Å²) in [7, 11) is 1.87. The number of carbonyl (C=O) groups is 1. The lowest BCUT2D eigenvalue weighted by molar-refractivity contribution is 0.102. The molecule has 5 nitrogen and oxygen atoms in total. The zero-order valence-electron chi connectivity index (χ0n) is 14.5. The summed E-state index contributed by atoms with van der Waals surface area (Å²) in [4.78, 5) is 23.1. The maximum Gasteiger partial charge on any atom is 0.274 e. The maximum absolute atomic E-state index is 12.6. The largest absolute Gasteiger partial charge is 0.320 e. The Bertz CT molecular complexity index is 873. The first-order valence-corrected chi connectivity index (χ1v) is 8.05. The fourth-order valence-corrected chi connectivity index (χ4v) is 2.59. The van der Waals surface area contributed by atoms with E-state index in [1.807, 2.05) is 74.3 Å². The van der Waals surface area contributed by atoms with Crippen LogP contribution in [0.3, 0.4) is 0 Å². The number of hydrogen-bond acceptors (Lipinski definition) is 4. The van der Waals surface area contributed by atoms with E-state index in [1.165, 1.54) is 0 Å². The minimum absolute atomic E-state index is 0.248. The summed E-state index contributed by atoms with van der Waals surface area (Å²) < 4.78 is 0. The third-order valence-corrected chi connectivity index (χ3v) is 4.04. The summed E-state index contributed by atoms with van der Waals surface area (Å²) in [6.07, 6.45) is 1.60. The van der Waals surface area contributed by atoms with Crippen LogP contribution in [0.5, 0.6) is 0 Å². The number of aromatic nitrogens is 2. The van der Waals surface area contributed by atoms with Crippen molar-refractivity contribution in [1.82, 2.24) is 9.97 Å². The number of hydrogen-bond donors (Lipinski definition) is 1. The van der Waals surface area contributed by atoms with Crippen molar-refractivity contribution in [3.8, 4) is 0 Å². The van der Waals surface area contributed by atoms with Crippen LogP contribution in [0.2, 0.25) is 0 Å². The van der Waals surface area contributed by atoms with Crippen molar-refractivity contribution >= 4 is 23.2 Å². The molecule has 5 heteroatoms. The van der Waals surface area contributed by atoms with Gasteiger partial charge in [-0.05, 0) is 43.2 Å². The van der Waals surface area contributed by atoms with Crippen molar-refractivity contribution in [2.75, 3.05) is 17.3 Å². The molecule has 0 spiro atoms. The normalized spacial score (nSPS) is 10.4. The zero-order chi connectivity index (χ0) is 17.8.